The summed E-state index contributed by atoms with van der Waals surface area (Å²) < 4.78 is 0. The first-order chi connectivity index (χ1) is 7.32. The molecule has 0 bridgehead atoms. The summed E-state index contributed by atoms with van der Waals surface area (Å²) in [4.78, 5) is 11.8. The molecular weight excluding hydrogens is 266 g/mol. The molecule has 0 aliphatic heterocycles. The van der Waals surface area contributed by atoms with Gasteiger partial charge in [0.2, 0.25) is 5.91 Å². The third-order valence-electron chi connectivity index (χ3n) is 3.39. The molecule has 2 unspecified atom stereocenters. The van der Waals surface area contributed by atoms with Crippen LogP contribution < -0.4 is 5.32 Å². The molecule has 1 N–H and O–H groups in total. The quantitative estimate of drug-likeness (QED) is 0.792. The molecule has 1 rings (SSSR count). The zero-order valence-corrected chi connectivity index (χ0v) is 12.4. The van der Waals surface area contributed by atoms with Crippen LogP contribution in [0.15, 0.2) is 0 Å². The van der Waals surface area contributed by atoms with Crippen molar-refractivity contribution in [2.24, 2.45) is 11.3 Å². The van der Waals surface area contributed by atoms with Crippen LogP contribution in [0.25, 0.3) is 0 Å². The number of carbonyl (C=O) groups is 1. The smallest absolute Gasteiger partial charge is 0.234 e. The third-order valence-corrected chi connectivity index (χ3v) is 4.86. The van der Waals surface area contributed by atoms with E-state index in [4.69, 9.17) is 0 Å². The van der Waals surface area contributed by atoms with Crippen LogP contribution in [-0.2, 0) is 4.79 Å². The van der Waals surface area contributed by atoms with Crippen molar-refractivity contribution in [3.05, 3.63) is 0 Å². The van der Waals surface area contributed by atoms with Crippen LogP contribution in [0, 0.1) is 11.3 Å². The van der Waals surface area contributed by atoms with Gasteiger partial charge < -0.3 is 5.32 Å². The van der Waals surface area contributed by atoms with Crippen molar-refractivity contribution < 1.29 is 4.79 Å². The molecule has 3 heteroatoms. The predicted molar refractivity (Wildman–Crippen MR) is 71.7 cm³/mol. The van der Waals surface area contributed by atoms with E-state index in [0.717, 1.165) is 12.8 Å². The third kappa shape index (κ3) is 4.08. The van der Waals surface area contributed by atoms with E-state index in [2.05, 4.69) is 48.9 Å². The van der Waals surface area contributed by atoms with Crippen LogP contribution in [0.4, 0.5) is 0 Å². The second-order valence-corrected chi connectivity index (χ2v) is 7.10. The molecular formula is C13H24BrNO. The molecule has 0 aromatic carbocycles. The fourth-order valence-electron chi connectivity index (χ4n) is 2.40. The lowest BCUT2D eigenvalue weighted by atomic mass is 9.75. The summed E-state index contributed by atoms with van der Waals surface area (Å²) in [6.07, 6.45) is 4.75. The highest BCUT2D eigenvalue weighted by Crippen LogP contribution is 2.35. The molecule has 1 fully saturated rings. The summed E-state index contributed by atoms with van der Waals surface area (Å²) in [7, 11) is 0. The van der Waals surface area contributed by atoms with Gasteiger partial charge in [-0.2, -0.15) is 0 Å². The van der Waals surface area contributed by atoms with E-state index in [9.17, 15) is 4.79 Å². The SMILES string of the molecule is CC(C)C(Br)C(=O)NC1CCCC(C)(C)C1. The van der Waals surface area contributed by atoms with Gasteiger partial charge in [0.15, 0.2) is 0 Å². The van der Waals surface area contributed by atoms with Crippen molar-refractivity contribution in [1.29, 1.82) is 0 Å². The molecule has 94 valence electrons. The molecule has 1 amide bonds. The van der Waals surface area contributed by atoms with Crippen LogP contribution in [-0.4, -0.2) is 16.8 Å². The number of hydrogen-bond donors (Lipinski definition) is 1. The van der Waals surface area contributed by atoms with Crippen molar-refractivity contribution in [2.75, 3.05) is 0 Å². The number of carbonyl (C=O) groups excluding carboxylic acids is 1. The molecule has 0 aromatic rings. The largest absolute Gasteiger partial charge is 0.352 e. The minimum Gasteiger partial charge on any atom is -0.352 e. The Morgan fingerprint density at radius 3 is 2.56 bits per heavy atom. The van der Waals surface area contributed by atoms with E-state index in [1.807, 2.05) is 0 Å². The number of hydrogen-bond acceptors (Lipinski definition) is 1. The van der Waals surface area contributed by atoms with Crippen LogP contribution in [0.5, 0.6) is 0 Å². The Hall–Kier alpha value is -0.0500. The average molecular weight is 290 g/mol. The Balaban J connectivity index is 2.45. The van der Waals surface area contributed by atoms with Gasteiger partial charge in [-0.3, -0.25) is 4.79 Å². The molecule has 1 aliphatic carbocycles. The second kappa shape index (κ2) is 5.52. The maximum Gasteiger partial charge on any atom is 0.234 e. The highest BCUT2D eigenvalue weighted by molar-refractivity contribution is 9.10. The molecule has 0 saturated heterocycles. The molecule has 0 radical (unpaired) electrons. The summed E-state index contributed by atoms with van der Waals surface area (Å²) in [6, 6.07) is 0.370. The van der Waals surface area contributed by atoms with Gasteiger partial charge in [-0.1, -0.05) is 50.0 Å². The van der Waals surface area contributed by atoms with Crippen molar-refractivity contribution >= 4 is 21.8 Å². The maximum atomic E-state index is 11.9. The summed E-state index contributed by atoms with van der Waals surface area (Å²) in [6.45, 7) is 8.70. The fourth-order valence-corrected chi connectivity index (χ4v) is 2.54. The zero-order chi connectivity index (χ0) is 12.3. The molecule has 0 spiro atoms. The van der Waals surface area contributed by atoms with Gasteiger partial charge in [0.1, 0.15) is 0 Å². The van der Waals surface area contributed by atoms with Crippen molar-refractivity contribution in [1.82, 2.24) is 5.32 Å². The molecule has 0 aromatic heterocycles. The van der Waals surface area contributed by atoms with E-state index < -0.39 is 0 Å². The van der Waals surface area contributed by atoms with Gasteiger partial charge in [0.05, 0.1) is 4.83 Å². The Morgan fingerprint density at radius 2 is 2.06 bits per heavy atom. The Labute approximate surface area is 108 Å². The average Bonchev–Trinajstić information content (AvgIpc) is 2.14. The number of amides is 1. The van der Waals surface area contributed by atoms with Crippen LogP contribution in [0.1, 0.15) is 53.4 Å². The standard InChI is InChI=1S/C13H24BrNO/c1-9(2)11(14)12(16)15-10-6-5-7-13(3,4)8-10/h9-11H,5-8H2,1-4H3,(H,15,16). The van der Waals surface area contributed by atoms with Gasteiger partial charge in [-0.15, -0.1) is 0 Å². The van der Waals surface area contributed by atoms with Crippen LogP contribution in [0.2, 0.25) is 0 Å². The van der Waals surface area contributed by atoms with E-state index >= 15 is 0 Å². The lowest BCUT2D eigenvalue weighted by Crippen LogP contribution is -2.44. The molecule has 16 heavy (non-hydrogen) atoms. The lowest BCUT2D eigenvalue weighted by molar-refractivity contribution is -0.122. The van der Waals surface area contributed by atoms with Crippen molar-refractivity contribution in [3.8, 4) is 0 Å². The van der Waals surface area contributed by atoms with E-state index in [0.29, 0.717) is 17.4 Å². The van der Waals surface area contributed by atoms with Crippen molar-refractivity contribution in [3.63, 3.8) is 0 Å². The van der Waals surface area contributed by atoms with Gasteiger partial charge in [-0.05, 0) is 30.6 Å². The van der Waals surface area contributed by atoms with Gasteiger partial charge in [0, 0.05) is 6.04 Å². The monoisotopic (exact) mass is 289 g/mol. The first kappa shape index (κ1) is 14.0. The number of nitrogens with one attached hydrogen (secondary N) is 1. The van der Waals surface area contributed by atoms with Gasteiger partial charge in [0.25, 0.3) is 0 Å². The lowest BCUT2D eigenvalue weighted by Gasteiger charge is -2.36. The van der Waals surface area contributed by atoms with Crippen LogP contribution in [0.3, 0.4) is 0 Å². The summed E-state index contributed by atoms with van der Waals surface area (Å²) in [5, 5.41) is 3.17. The van der Waals surface area contributed by atoms with Crippen molar-refractivity contribution in [2.45, 2.75) is 64.2 Å². The minimum atomic E-state index is -0.0578. The van der Waals surface area contributed by atoms with E-state index in [1.54, 1.807) is 0 Å². The minimum absolute atomic E-state index is 0.0578. The normalized spacial score (nSPS) is 26.5. The fraction of sp³-hybridized carbons (Fsp3) is 0.923. The molecule has 2 atom stereocenters. The summed E-state index contributed by atoms with van der Waals surface area (Å²) >= 11 is 3.45. The molecule has 0 heterocycles. The molecule has 1 saturated carbocycles. The zero-order valence-electron chi connectivity index (χ0n) is 10.8. The first-order valence-corrected chi connectivity index (χ1v) is 7.18. The summed E-state index contributed by atoms with van der Waals surface area (Å²) in [5.41, 5.74) is 0.385. The van der Waals surface area contributed by atoms with Crippen LogP contribution >= 0.6 is 15.9 Å². The molecule has 1 aliphatic rings. The first-order valence-electron chi connectivity index (χ1n) is 6.26. The maximum absolute atomic E-state index is 11.9. The highest BCUT2D eigenvalue weighted by Gasteiger charge is 2.30. The second-order valence-electron chi connectivity index (χ2n) is 6.11. The van der Waals surface area contributed by atoms with Gasteiger partial charge in [-0.25, -0.2) is 0 Å². The Bertz CT molecular complexity index is 250. The number of rotatable bonds is 3. The highest BCUT2D eigenvalue weighted by atomic mass is 79.9. The predicted octanol–water partition coefficient (Wildman–Crippen LogP) is 3.49. The molecule has 2 nitrogen and oxygen atoms in total. The summed E-state index contributed by atoms with van der Waals surface area (Å²) in [5.74, 6) is 0.495. The Kier molecular flexibility index (Phi) is 4.84. The van der Waals surface area contributed by atoms with Gasteiger partial charge >= 0.3 is 0 Å². The number of alkyl halides is 1. The van der Waals surface area contributed by atoms with E-state index in [1.165, 1.54) is 12.8 Å². The topological polar surface area (TPSA) is 29.1 Å². The number of halogens is 1. The Morgan fingerprint density at radius 1 is 1.44 bits per heavy atom. The van der Waals surface area contributed by atoms with E-state index in [-0.39, 0.29) is 10.7 Å².